The maximum absolute atomic E-state index is 12.4. The SMILES string of the molecule is CNC(=O)c1ccc(NC(=O)CCN2C(=O)[C@H]3CC=CC[C@@H]3C2=O)cc1. The molecule has 0 spiro atoms. The molecule has 4 amide bonds. The Morgan fingerprint density at radius 2 is 1.62 bits per heavy atom. The Balaban J connectivity index is 1.53. The summed E-state index contributed by atoms with van der Waals surface area (Å²) in [5.41, 5.74) is 1.05. The molecule has 1 saturated heterocycles. The molecule has 2 N–H and O–H groups in total. The highest BCUT2D eigenvalue weighted by atomic mass is 16.2. The highest BCUT2D eigenvalue weighted by Crippen LogP contribution is 2.35. The second kappa shape index (κ2) is 7.51. The number of nitrogens with zero attached hydrogens (tertiary/aromatic N) is 1. The van der Waals surface area contributed by atoms with Gasteiger partial charge in [0, 0.05) is 31.3 Å². The number of anilines is 1. The Hall–Kier alpha value is -2.96. The van der Waals surface area contributed by atoms with E-state index < -0.39 is 0 Å². The highest BCUT2D eigenvalue weighted by molar-refractivity contribution is 6.06. The van der Waals surface area contributed by atoms with E-state index in [9.17, 15) is 19.2 Å². The largest absolute Gasteiger partial charge is 0.355 e. The molecule has 7 heteroatoms. The van der Waals surface area contributed by atoms with Crippen LogP contribution in [0.1, 0.15) is 29.6 Å². The zero-order chi connectivity index (χ0) is 18.7. The molecule has 136 valence electrons. The zero-order valence-electron chi connectivity index (χ0n) is 14.5. The van der Waals surface area contributed by atoms with Crippen molar-refractivity contribution in [1.29, 1.82) is 0 Å². The number of hydrogen-bond donors (Lipinski definition) is 2. The van der Waals surface area contributed by atoms with E-state index >= 15 is 0 Å². The van der Waals surface area contributed by atoms with Gasteiger partial charge in [-0.2, -0.15) is 0 Å². The number of imide groups is 1. The summed E-state index contributed by atoms with van der Waals surface area (Å²) in [5.74, 6) is -1.38. The summed E-state index contributed by atoms with van der Waals surface area (Å²) >= 11 is 0. The molecule has 0 saturated carbocycles. The van der Waals surface area contributed by atoms with Crippen LogP contribution in [0.4, 0.5) is 5.69 Å². The predicted octanol–water partition coefficient (Wildman–Crippen LogP) is 1.33. The van der Waals surface area contributed by atoms with Gasteiger partial charge >= 0.3 is 0 Å². The molecule has 0 radical (unpaired) electrons. The van der Waals surface area contributed by atoms with Crippen LogP contribution in [0.3, 0.4) is 0 Å². The molecule has 1 aliphatic heterocycles. The molecular weight excluding hydrogens is 334 g/mol. The van der Waals surface area contributed by atoms with Crippen molar-refractivity contribution in [3.05, 3.63) is 42.0 Å². The Labute approximate surface area is 151 Å². The van der Waals surface area contributed by atoms with Crippen molar-refractivity contribution < 1.29 is 19.2 Å². The molecule has 1 fully saturated rings. The van der Waals surface area contributed by atoms with Crippen LogP contribution in [0.5, 0.6) is 0 Å². The van der Waals surface area contributed by atoms with Gasteiger partial charge in [-0.3, -0.25) is 24.1 Å². The van der Waals surface area contributed by atoms with Gasteiger partial charge in [0.15, 0.2) is 0 Å². The van der Waals surface area contributed by atoms with Crippen LogP contribution in [0, 0.1) is 11.8 Å². The summed E-state index contributed by atoms with van der Waals surface area (Å²) in [4.78, 5) is 49.5. The van der Waals surface area contributed by atoms with E-state index in [-0.39, 0.29) is 48.4 Å². The lowest BCUT2D eigenvalue weighted by atomic mass is 9.85. The van der Waals surface area contributed by atoms with Crippen molar-refractivity contribution in [2.45, 2.75) is 19.3 Å². The second-order valence-electron chi connectivity index (χ2n) is 6.44. The third kappa shape index (κ3) is 3.51. The van der Waals surface area contributed by atoms with E-state index in [1.807, 2.05) is 12.2 Å². The van der Waals surface area contributed by atoms with Gasteiger partial charge in [0.05, 0.1) is 11.8 Å². The summed E-state index contributed by atoms with van der Waals surface area (Å²) in [5, 5.41) is 5.23. The summed E-state index contributed by atoms with van der Waals surface area (Å²) in [6, 6.07) is 6.49. The smallest absolute Gasteiger partial charge is 0.251 e. The fraction of sp³-hybridized carbons (Fsp3) is 0.368. The van der Waals surface area contributed by atoms with Crippen LogP contribution in [0.15, 0.2) is 36.4 Å². The molecule has 0 bridgehead atoms. The van der Waals surface area contributed by atoms with Crippen molar-refractivity contribution in [3.8, 4) is 0 Å². The van der Waals surface area contributed by atoms with Gasteiger partial charge in [0.1, 0.15) is 0 Å². The molecule has 26 heavy (non-hydrogen) atoms. The van der Waals surface area contributed by atoms with Gasteiger partial charge in [0.25, 0.3) is 5.91 Å². The van der Waals surface area contributed by atoms with Crippen LogP contribution in [-0.4, -0.2) is 42.1 Å². The van der Waals surface area contributed by atoms with Crippen LogP contribution < -0.4 is 10.6 Å². The monoisotopic (exact) mass is 355 g/mol. The first-order valence-electron chi connectivity index (χ1n) is 8.63. The first kappa shape index (κ1) is 17.8. The molecule has 0 aromatic heterocycles. The van der Waals surface area contributed by atoms with Crippen LogP contribution in [0.2, 0.25) is 0 Å². The van der Waals surface area contributed by atoms with Crippen molar-refractivity contribution in [1.82, 2.24) is 10.2 Å². The van der Waals surface area contributed by atoms with E-state index in [0.29, 0.717) is 24.1 Å². The number of nitrogens with one attached hydrogen (secondary N) is 2. The molecule has 7 nitrogen and oxygen atoms in total. The number of benzene rings is 1. The predicted molar refractivity (Wildman–Crippen MR) is 95.2 cm³/mol. The molecule has 2 aliphatic rings. The van der Waals surface area contributed by atoms with Crippen molar-refractivity contribution >= 4 is 29.3 Å². The van der Waals surface area contributed by atoms with E-state index in [4.69, 9.17) is 0 Å². The average molecular weight is 355 g/mol. The summed E-state index contributed by atoms with van der Waals surface area (Å²) in [6.45, 7) is 0.0901. The number of fused-ring (bicyclic) bond motifs is 1. The molecule has 2 atom stereocenters. The topological polar surface area (TPSA) is 95.6 Å². The molecular formula is C19H21N3O4. The van der Waals surface area contributed by atoms with E-state index in [2.05, 4.69) is 10.6 Å². The van der Waals surface area contributed by atoms with Gasteiger partial charge in [0.2, 0.25) is 17.7 Å². The van der Waals surface area contributed by atoms with Gasteiger partial charge in [-0.05, 0) is 37.1 Å². The fourth-order valence-electron chi connectivity index (χ4n) is 3.38. The zero-order valence-corrected chi connectivity index (χ0v) is 14.5. The van der Waals surface area contributed by atoms with Gasteiger partial charge < -0.3 is 10.6 Å². The highest BCUT2D eigenvalue weighted by Gasteiger charge is 2.46. The standard InChI is InChI=1S/C19H21N3O4/c1-20-17(24)12-6-8-13(9-7-12)21-16(23)10-11-22-18(25)14-4-2-3-5-15(14)19(22)26/h2-3,6-9,14-15H,4-5,10-11H2,1H3,(H,20,24)(H,21,23)/t14-,15-/m0/s1. The van der Waals surface area contributed by atoms with Crippen LogP contribution >= 0.6 is 0 Å². The lowest BCUT2D eigenvalue weighted by Gasteiger charge is -2.14. The number of rotatable bonds is 5. The molecule has 1 aromatic carbocycles. The van der Waals surface area contributed by atoms with Crippen LogP contribution in [-0.2, 0) is 14.4 Å². The fourth-order valence-corrected chi connectivity index (χ4v) is 3.38. The van der Waals surface area contributed by atoms with Gasteiger partial charge in [-0.15, -0.1) is 0 Å². The summed E-state index contributed by atoms with van der Waals surface area (Å²) < 4.78 is 0. The number of likely N-dealkylation sites (tertiary alicyclic amines) is 1. The summed E-state index contributed by atoms with van der Waals surface area (Å²) in [7, 11) is 1.55. The lowest BCUT2D eigenvalue weighted by molar-refractivity contribution is -0.140. The Morgan fingerprint density at radius 3 is 2.15 bits per heavy atom. The summed E-state index contributed by atoms with van der Waals surface area (Å²) in [6.07, 6.45) is 5.10. The number of amides is 4. The van der Waals surface area contributed by atoms with Gasteiger partial charge in [-0.25, -0.2) is 0 Å². The third-order valence-corrected chi connectivity index (χ3v) is 4.82. The molecule has 0 unspecified atom stereocenters. The van der Waals surface area contributed by atoms with Crippen molar-refractivity contribution in [2.24, 2.45) is 11.8 Å². The number of carbonyl (C=O) groups is 4. The normalized spacial score (nSPS) is 21.5. The van der Waals surface area contributed by atoms with E-state index in [0.717, 1.165) is 0 Å². The molecule has 1 heterocycles. The first-order valence-corrected chi connectivity index (χ1v) is 8.63. The third-order valence-electron chi connectivity index (χ3n) is 4.82. The number of carbonyl (C=O) groups excluding carboxylic acids is 4. The van der Waals surface area contributed by atoms with E-state index in [1.165, 1.54) is 4.90 Å². The average Bonchev–Trinajstić information content (AvgIpc) is 2.91. The molecule has 1 aliphatic carbocycles. The number of allylic oxidation sites excluding steroid dienone is 2. The van der Waals surface area contributed by atoms with Crippen LogP contribution in [0.25, 0.3) is 0 Å². The maximum atomic E-state index is 12.4. The Bertz CT molecular complexity index is 743. The molecule has 1 aromatic rings. The Morgan fingerprint density at radius 1 is 1.04 bits per heavy atom. The van der Waals surface area contributed by atoms with E-state index in [1.54, 1.807) is 31.3 Å². The van der Waals surface area contributed by atoms with Crippen molar-refractivity contribution in [2.75, 3.05) is 18.9 Å². The number of hydrogen-bond acceptors (Lipinski definition) is 4. The quantitative estimate of drug-likeness (QED) is 0.615. The second-order valence-corrected chi connectivity index (χ2v) is 6.44. The molecule has 3 rings (SSSR count). The minimum atomic E-state index is -0.286. The maximum Gasteiger partial charge on any atom is 0.251 e. The minimum absolute atomic E-state index is 0.0432. The minimum Gasteiger partial charge on any atom is -0.355 e. The Kier molecular flexibility index (Phi) is 5.16. The van der Waals surface area contributed by atoms with Crippen molar-refractivity contribution in [3.63, 3.8) is 0 Å². The van der Waals surface area contributed by atoms with Gasteiger partial charge in [-0.1, -0.05) is 12.2 Å². The lowest BCUT2D eigenvalue weighted by Crippen LogP contribution is -2.34. The first-order chi connectivity index (χ1) is 12.5.